The smallest absolute Gasteiger partial charge is 0.175 e. The first-order chi connectivity index (χ1) is 9.90. The van der Waals surface area contributed by atoms with Crippen LogP contribution in [-0.4, -0.2) is 5.16 Å². The van der Waals surface area contributed by atoms with Crippen molar-refractivity contribution in [2.75, 3.05) is 5.73 Å². The van der Waals surface area contributed by atoms with Crippen LogP contribution in [0.3, 0.4) is 0 Å². The first kappa shape index (κ1) is 14.7. The van der Waals surface area contributed by atoms with E-state index in [2.05, 4.69) is 19.0 Å². The maximum absolute atomic E-state index is 6.33. The lowest BCUT2D eigenvalue weighted by atomic mass is 9.79. The van der Waals surface area contributed by atoms with Gasteiger partial charge in [0.05, 0.1) is 10.6 Å². The van der Waals surface area contributed by atoms with E-state index in [4.69, 9.17) is 33.5 Å². The number of nitrogen functional groups attached to an aromatic ring is 1. The van der Waals surface area contributed by atoms with Crippen molar-refractivity contribution in [2.24, 2.45) is 5.41 Å². The average Bonchev–Trinajstić information content (AvgIpc) is 2.92. The fourth-order valence-electron chi connectivity index (χ4n) is 3.33. The summed E-state index contributed by atoms with van der Waals surface area (Å²) in [5.41, 5.74) is 7.87. The highest BCUT2D eigenvalue weighted by atomic mass is 35.5. The predicted octanol–water partition coefficient (Wildman–Crippen LogP) is 5.52. The van der Waals surface area contributed by atoms with Crippen LogP contribution in [0.25, 0.3) is 11.1 Å². The van der Waals surface area contributed by atoms with Gasteiger partial charge in [0, 0.05) is 16.5 Å². The first-order valence-corrected chi connectivity index (χ1v) is 7.86. The summed E-state index contributed by atoms with van der Waals surface area (Å²) >= 11 is 12.3. The zero-order valence-corrected chi connectivity index (χ0v) is 13.6. The number of nitrogens with zero attached hydrogens (tertiary/aromatic N) is 1. The Morgan fingerprint density at radius 2 is 2.10 bits per heavy atom. The molecule has 3 nitrogen and oxygen atoms in total. The summed E-state index contributed by atoms with van der Waals surface area (Å²) < 4.78 is 5.59. The van der Waals surface area contributed by atoms with Gasteiger partial charge in [-0.3, -0.25) is 0 Å². The Morgan fingerprint density at radius 3 is 2.71 bits per heavy atom. The molecule has 1 heterocycles. The standard InChI is InChI=1S/C16H18Cl2N2O/c1-16(2)7-3-4-11(16)14-13(15(19)20-21-14)10-6-5-9(17)8-12(10)18/h5-6,8,11H,3-4,7H2,1-2H3,(H2,19,20). The van der Waals surface area contributed by atoms with Crippen LogP contribution in [-0.2, 0) is 0 Å². The summed E-state index contributed by atoms with van der Waals surface area (Å²) in [4.78, 5) is 0. The van der Waals surface area contributed by atoms with E-state index in [1.54, 1.807) is 12.1 Å². The molecular weight excluding hydrogens is 307 g/mol. The SMILES string of the molecule is CC1(C)CCCC1c1onc(N)c1-c1ccc(Cl)cc1Cl. The lowest BCUT2D eigenvalue weighted by molar-refractivity contribution is 0.269. The van der Waals surface area contributed by atoms with Crippen LogP contribution in [0.1, 0.15) is 44.8 Å². The van der Waals surface area contributed by atoms with Crippen LogP contribution in [0, 0.1) is 5.41 Å². The van der Waals surface area contributed by atoms with Crippen molar-refractivity contribution in [1.82, 2.24) is 5.16 Å². The molecule has 1 fully saturated rings. The molecule has 0 amide bonds. The highest BCUT2D eigenvalue weighted by Crippen LogP contribution is 2.52. The molecule has 1 aliphatic carbocycles. The molecule has 1 aliphatic rings. The monoisotopic (exact) mass is 324 g/mol. The van der Waals surface area contributed by atoms with Crippen LogP contribution < -0.4 is 5.73 Å². The molecule has 0 bridgehead atoms. The number of anilines is 1. The fourth-order valence-corrected chi connectivity index (χ4v) is 3.83. The minimum Gasteiger partial charge on any atom is -0.380 e. The van der Waals surface area contributed by atoms with Crippen molar-refractivity contribution < 1.29 is 4.52 Å². The number of rotatable bonds is 2. The molecule has 1 unspecified atom stereocenters. The van der Waals surface area contributed by atoms with Gasteiger partial charge >= 0.3 is 0 Å². The third kappa shape index (κ3) is 2.53. The highest BCUT2D eigenvalue weighted by molar-refractivity contribution is 6.36. The third-order valence-corrected chi connectivity index (χ3v) is 5.07. The van der Waals surface area contributed by atoms with E-state index in [0.29, 0.717) is 21.8 Å². The van der Waals surface area contributed by atoms with Crippen LogP contribution in [0.5, 0.6) is 0 Å². The molecule has 1 aromatic carbocycles. The summed E-state index contributed by atoms with van der Waals surface area (Å²) in [6.45, 7) is 4.52. The number of hydrogen-bond acceptors (Lipinski definition) is 3. The van der Waals surface area contributed by atoms with Crippen LogP contribution >= 0.6 is 23.2 Å². The van der Waals surface area contributed by atoms with Crippen molar-refractivity contribution >= 4 is 29.0 Å². The molecule has 1 saturated carbocycles. The summed E-state index contributed by atoms with van der Waals surface area (Å²) in [7, 11) is 0. The molecule has 2 N–H and O–H groups in total. The zero-order valence-electron chi connectivity index (χ0n) is 12.1. The Bertz CT molecular complexity index is 679. The lowest BCUT2D eigenvalue weighted by Gasteiger charge is -2.25. The number of benzene rings is 1. The molecule has 0 saturated heterocycles. The van der Waals surface area contributed by atoms with Gasteiger partial charge < -0.3 is 10.3 Å². The van der Waals surface area contributed by atoms with Gasteiger partial charge in [-0.1, -0.05) is 54.7 Å². The number of halogens is 2. The van der Waals surface area contributed by atoms with Crippen molar-refractivity contribution in [1.29, 1.82) is 0 Å². The Labute approximate surface area is 134 Å². The van der Waals surface area contributed by atoms with Crippen LogP contribution in [0.2, 0.25) is 10.0 Å². The number of hydrogen-bond donors (Lipinski definition) is 1. The van der Waals surface area contributed by atoms with Crippen molar-refractivity contribution in [3.63, 3.8) is 0 Å². The summed E-state index contributed by atoms with van der Waals surface area (Å²) in [5, 5.41) is 5.14. The quantitative estimate of drug-likeness (QED) is 0.790. The Morgan fingerprint density at radius 1 is 1.33 bits per heavy atom. The Hall–Kier alpha value is -1.19. The topological polar surface area (TPSA) is 52.0 Å². The molecule has 21 heavy (non-hydrogen) atoms. The normalized spacial score (nSPS) is 20.9. The summed E-state index contributed by atoms with van der Waals surface area (Å²) in [5.74, 6) is 1.54. The average molecular weight is 325 g/mol. The van der Waals surface area contributed by atoms with E-state index < -0.39 is 0 Å². The first-order valence-electron chi connectivity index (χ1n) is 7.10. The van der Waals surface area contributed by atoms with Gasteiger partial charge in [-0.2, -0.15) is 0 Å². The Kier molecular flexibility index (Phi) is 3.66. The van der Waals surface area contributed by atoms with Gasteiger partial charge in [0.2, 0.25) is 0 Å². The second kappa shape index (κ2) is 5.22. The van der Waals surface area contributed by atoms with Crippen molar-refractivity contribution in [3.05, 3.63) is 34.0 Å². The van der Waals surface area contributed by atoms with Gasteiger partial charge in [-0.15, -0.1) is 0 Å². The predicted molar refractivity (Wildman–Crippen MR) is 86.7 cm³/mol. The molecule has 0 spiro atoms. The van der Waals surface area contributed by atoms with E-state index in [1.165, 1.54) is 12.8 Å². The van der Waals surface area contributed by atoms with Gasteiger partial charge in [-0.25, -0.2) is 0 Å². The molecule has 112 valence electrons. The van der Waals surface area contributed by atoms with Gasteiger partial charge in [0.1, 0.15) is 5.76 Å². The largest absolute Gasteiger partial charge is 0.380 e. The molecule has 1 aromatic heterocycles. The second-order valence-corrected chi connectivity index (χ2v) is 7.21. The second-order valence-electron chi connectivity index (χ2n) is 6.36. The molecule has 5 heteroatoms. The fraction of sp³-hybridized carbons (Fsp3) is 0.438. The maximum Gasteiger partial charge on any atom is 0.175 e. The zero-order chi connectivity index (χ0) is 15.2. The van der Waals surface area contributed by atoms with Crippen molar-refractivity contribution in [2.45, 2.75) is 39.0 Å². The Balaban J connectivity index is 2.13. The van der Waals surface area contributed by atoms with Crippen LogP contribution in [0.4, 0.5) is 5.82 Å². The molecular formula is C16H18Cl2N2O. The molecule has 0 aliphatic heterocycles. The number of nitrogens with two attached hydrogens (primary N) is 1. The van der Waals surface area contributed by atoms with Gasteiger partial charge in [-0.05, 0) is 30.4 Å². The van der Waals surface area contributed by atoms with Crippen LogP contribution in [0.15, 0.2) is 22.7 Å². The minimum absolute atomic E-state index is 0.180. The minimum atomic E-state index is 0.180. The van der Waals surface area contributed by atoms with E-state index in [9.17, 15) is 0 Å². The summed E-state index contributed by atoms with van der Waals surface area (Å²) in [6, 6.07) is 5.40. The van der Waals surface area contributed by atoms with Gasteiger partial charge in [0.15, 0.2) is 5.82 Å². The molecule has 0 radical (unpaired) electrons. The van der Waals surface area contributed by atoms with Crippen molar-refractivity contribution in [3.8, 4) is 11.1 Å². The van der Waals surface area contributed by atoms with E-state index in [-0.39, 0.29) is 5.41 Å². The van der Waals surface area contributed by atoms with Gasteiger partial charge in [0.25, 0.3) is 0 Å². The number of aromatic nitrogens is 1. The van der Waals surface area contributed by atoms with E-state index in [0.717, 1.165) is 23.3 Å². The maximum atomic E-state index is 6.33. The lowest BCUT2D eigenvalue weighted by Crippen LogP contribution is -2.15. The molecule has 2 aromatic rings. The van der Waals surface area contributed by atoms with E-state index in [1.807, 2.05) is 6.07 Å². The molecule has 3 rings (SSSR count). The van der Waals surface area contributed by atoms with E-state index >= 15 is 0 Å². The third-order valence-electron chi connectivity index (χ3n) is 4.52. The summed E-state index contributed by atoms with van der Waals surface area (Å²) in [6.07, 6.45) is 3.44. The molecule has 1 atom stereocenters. The highest BCUT2D eigenvalue weighted by Gasteiger charge is 2.40.